The van der Waals surface area contributed by atoms with Crippen LogP contribution in [0.4, 0.5) is 0 Å². The van der Waals surface area contributed by atoms with Crippen LogP contribution in [0, 0.1) is 28.1 Å². The van der Waals surface area contributed by atoms with Gasteiger partial charge >= 0.3 is 0 Å². The third-order valence-corrected chi connectivity index (χ3v) is 7.51. The minimum atomic E-state index is -0.296. The molecule has 0 bridgehead atoms. The number of aliphatic hydroxyl groups is 2. The average molecular weight is 304 g/mol. The Balaban J connectivity index is 2.01. The van der Waals surface area contributed by atoms with Gasteiger partial charge in [-0.3, -0.25) is 0 Å². The molecule has 0 amide bonds. The van der Waals surface area contributed by atoms with Gasteiger partial charge in [0.15, 0.2) is 0 Å². The largest absolute Gasteiger partial charge is 0.393 e. The topological polar surface area (TPSA) is 40.5 Å². The predicted octanol–water partition coefficient (Wildman–Crippen LogP) is 4.08. The number of hydrogen-bond donors (Lipinski definition) is 2. The Kier molecular flexibility index (Phi) is 3.66. The van der Waals surface area contributed by atoms with E-state index in [0.717, 1.165) is 32.1 Å². The lowest BCUT2D eigenvalue weighted by atomic mass is 9.46. The fourth-order valence-corrected chi connectivity index (χ4v) is 5.45. The Labute approximate surface area is 135 Å². The zero-order chi connectivity index (χ0) is 16.3. The Bertz CT molecular complexity index is 506. The molecule has 2 saturated carbocycles. The van der Waals surface area contributed by atoms with Crippen LogP contribution in [-0.4, -0.2) is 22.4 Å². The van der Waals surface area contributed by atoms with Crippen LogP contribution in [0.5, 0.6) is 0 Å². The van der Waals surface area contributed by atoms with E-state index in [1.165, 1.54) is 5.57 Å². The lowest BCUT2D eigenvalue weighted by Crippen LogP contribution is -2.55. The molecule has 2 N–H and O–H groups in total. The summed E-state index contributed by atoms with van der Waals surface area (Å²) < 4.78 is 0. The van der Waals surface area contributed by atoms with Gasteiger partial charge in [-0.1, -0.05) is 45.4 Å². The Morgan fingerprint density at radius 2 is 1.86 bits per heavy atom. The molecule has 0 aromatic heterocycles. The zero-order valence-electron chi connectivity index (χ0n) is 14.6. The van der Waals surface area contributed by atoms with Crippen LogP contribution in [0.25, 0.3) is 0 Å². The standard InChI is InChI=1S/C20H32O2/c1-6-19(4)9-10-20(5)13-7-8-17(22)18(2,3)14(13)11-16(21)15(20)12-19/h6-7,14-17,21-22H,1,8-12H2,2-5H3. The van der Waals surface area contributed by atoms with Gasteiger partial charge in [0.2, 0.25) is 0 Å². The molecular weight excluding hydrogens is 272 g/mol. The highest BCUT2D eigenvalue weighted by Gasteiger charge is 2.57. The van der Waals surface area contributed by atoms with Crippen molar-refractivity contribution < 1.29 is 10.2 Å². The summed E-state index contributed by atoms with van der Waals surface area (Å²) in [6.07, 6.45) is 8.67. The molecule has 2 nitrogen and oxygen atoms in total. The average Bonchev–Trinajstić information content (AvgIpc) is 2.46. The third-order valence-electron chi connectivity index (χ3n) is 7.51. The summed E-state index contributed by atoms with van der Waals surface area (Å²) in [6.45, 7) is 13.0. The summed E-state index contributed by atoms with van der Waals surface area (Å²) in [5.41, 5.74) is 1.62. The molecule has 0 spiro atoms. The van der Waals surface area contributed by atoms with Gasteiger partial charge < -0.3 is 10.2 Å². The normalized spacial score (nSPS) is 50.5. The number of allylic oxidation sites excluding steroid dienone is 2. The van der Waals surface area contributed by atoms with E-state index >= 15 is 0 Å². The second-order valence-corrected chi connectivity index (χ2v) is 9.17. The first-order valence-electron chi connectivity index (χ1n) is 8.84. The van der Waals surface area contributed by atoms with Crippen molar-refractivity contribution in [3.05, 3.63) is 24.3 Å². The molecule has 22 heavy (non-hydrogen) atoms. The molecule has 0 radical (unpaired) electrons. The first-order chi connectivity index (χ1) is 10.1. The van der Waals surface area contributed by atoms with Crippen molar-refractivity contribution in [1.29, 1.82) is 0 Å². The molecular formula is C20H32O2. The number of aliphatic hydroxyl groups excluding tert-OH is 2. The minimum absolute atomic E-state index is 0.0856. The quantitative estimate of drug-likeness (QED) is 0.717. The first-order valence-corrected chi connectivity index (χ1v) is 8.84. The van der Waals surface area contributed by atoms with Gasteiger partial charge in [0, 0.05) is 0 Å². The monoisotopic (exact) mass is 304 g/mol. The van der Waals surface area contributed by atoms with Crippen molar-refractivity contribution in [1.82, 2.24) is 0 Å². The summed E-state index contributed by atoms with van der Waals surface area (Å²) in [5, 5.41) is 21.3. The van der Waals surface area contributed by atoms with Crippen LogP contribution in [0.1, 0.15) is 59.8 Å². The van der Waals surface area contributed by atoms with Crippen molar-refractivity contribution in [3.63, 3.8) is 0 Å². The molecule has 0 aromatic rings. The summed E-state index contributed by atoms with van der Waals surface area (Å²) in [7, 11) is 0. The molecule has 0 aliphatic heterocycles. The summed E-state index contributed by atoms with van der Waals surface area (Å²) >= 11 is 0. The van der Waals surface area contributed by atoms with Crippen molar-refractivity contribution >= 4 is 0 Å². The van der Waals surface area contributed by atoms with Gasteiger partial charge in [-0.05, 0) is 60.2 Å². The summed E-state index contributed by atoms with van der Waals surface area (Å²) in [4.78, 5) is 0. The van der Waals surface area contributed by atoms with Gasteiger partial charge in [0.1, 0.15) is 0 Å². The minimum Gasteiger partial charge on any atom is -0.393 e. The van der Waals surface area contributed by atoms with Gasteiger partial charge in [0.05, 0.1) is 12.2 Å². The first kappa shape index (κ1) is 16.3. The van der Waals surface area contributed by atoms with E-state index < -0.39 is 0 Å². The molecule has 3 aliphatic rings. The van der Waals surface area contributed by atoms with Crippen LogP contribution >= 0.6 is 0 Å². The van der Waals surface area contributed by atoms with Crippen LogP contribution in [0.2, 0.25) is 0 Å². The zero-order valence-corrected chi connectivity index (χ0v) is 14.6. The van der Waals surface area contributed by atoms with Gasteiger partial charge in [-0.25, -0.2) is 0 Å². The lowest BCUT2D eigenvalue weighted by molar-refractivity contribution is -0.0946. The molecule has 0 heterocycles. The molecule has 6 atom stereocenters. The van der Waals surface area contributed by atoms with E-state index in [-0.39, 0.29) is 28.5 Å². The van der Waals surface area contributed by atoms with Crippen molar-refractivity contribution in [3.8, 4) is 0 Å². The third kappa shape index (κ3) is 2.14. The fourth-order valence-electron chi connectivity index (χ4n) is 5.45. The van der Waals surface area contributed by atoms with Crippen LogP contribution in [-0.2, 0) is 0 Å². The smallest absolute Gasteiger partial charge is 0.0631 e. The van der Waals surface area contributed by atoms with Crippen molar-refractivity contribution in [2.24, 2.45) is 28.1 Å². The van der Waals surface area contributed by atoms with E-state index in [4.69, 9.17) is 0 Å². The number of hydrogen-bond acceptors (Lipinski definition) is 2. The number of rotatable bonds is 1. The Morgan fingerprint density at radius 3 is 2.50 bits per heavy atom. The molecule has 3 aliphatic carbocycles. The van der Waals surface area contributed by atoms with Crippen LogP contribution in [0.15, 0.2) is 24.3 Å². The van der Waals surface area contributed by atoms with Crippen LogP contribution in [0.3, 0.4) is 0 Å². The fraction of sp³-hybridized carbons (Fsp3) is 0.800. The summed E-state index contributed by atoms with van der Waals surface area (Å²) in [5.74, 6) is 0.624. The maximum absolute atomic E-state index is 10.9. The molecule has 0 saturated heterocycles. The van der Waals surface area contributed by atoms with E-state index in [9.17, 15) is 10.2 Å². The van der Waals surface area contributed by atoms with E-state index in [1.54, 1.807) is 0 Å². The van der Waals surface area contributed by atoms with Gasteiger partial charge in [-0.2, -0.15) is 0 Å². The van der Waals surface area contributed by atoms with Crippen LogP contribution < -0.4 is 0 Å². The highest BCUT2D eigenvalue weighted by molar-refractivity contribution is 5.30. The maximum atomic E-state index is 10.9. The second kappa shape index (κ2) is 4.95. The lowest BCUT2D eigenvalue weighted by Gasteiger charge is -2.60. The molecule has 124 valence electrons. The molecule has 6 unspecified atom stereocenters. The SMILES string of the molecule is C=CC1(C)CCC2(C)C3=CCC(O)C(C)(C)C3CC(O)C2C1. The van der Waals surface area contributed by atoms with Crippen molar-refractivity contribution in [2.45, 2.75) is 72.0 Å². The maximum Gasteiger partial charge on any atom is 0.0631 e. The second-order valence-electron chi connectivity index (χ2n) is 9.17. The Hall–Kier alpha value is -0.600. The van der Waals surface area contributed by atoms with E-state index in [0.29, 0.717) is 11.8 Å². The van der Waals surface area contributed by atoms with E-state index in [2.05, 4.69) is 46.4 Å². The highest BCUT2D eigenvalue weighted by atomic mass is 16.3. The predicted molar refractivity (Wildman–Crippen MR) is 90.4 cm³/mol. The number of fused-ring (bicyclic) bond motifs is 3. The Morgan fingerprint density at radius 1 is 1.18 bits per heavy atom. The van der Waals surface area contributed by atoms with Crippen molar-refractivity contribution in [2.75, 3.05) is 0 Å². The molecule has 3 rings (SSSR count). The molecule has 2 heteroatoms. The van der Waals surface area contributed by atoms with Gasteiger partial charge in [-0.15, -0.1) is 6.58 Å². The summed E-state index contributed by atoms with van der Waals surface area (Å²) in [6, 6.07) is 0. The van der Waals surface area contributed by atoms with Gasteiger partial charge in [0.25, 0.3) is 0 Å². The molecule has 2 fully saturated rings. The van der Waals surface area contributed by atoms with E-state index in [1.807, 2.05) is 0 Å². The molecule has 0 aromatic carbocycles. The highest BCUT2D eigenvalue weighted by Crippen LogP contribution is 2.63.